The Hall–Kier alpha value is -1.63. The maximum Gasteiger partial charge on any atom is 0.165 e. The van der Waals surface area contributed by atoms with Crippen LogP contribution in [0, 0.1) is 28.4 Å². The Kier molecular flexibility index (Phi) is 3.83. The summed E-state index contributed by atoms with van der Waals surface area (Å²) >= 11 is 0. The monoisotopic (exact) mass is 225 g/mol. The van der Waals surface area contributed by atoms with Crippen LogP contribution in [0.5, 0.6) is 5.75 Å². The average Bonchev–Trinajstić information content (AvgIpc) is 2.23. The summed E-state index contributed by atoms with van der Waals surface area (Å²) in [6.45, 7) is 3.71. The zero-order valence-electron chi connectivity index (χ0n) is 9.26. The van der Waals surface area contributed by atoms with Crippen molar-refractivity contribution >= 4 is 0 Å². The Bertz CT molecular complexity index is 410. The molecule has 0 N–H and O–H groups in total. The second-order valence-corrected chi connectivity index (χ2v) is 4.17. The number of nitrogens with zero attached hydrogens (tertiary/aromatic N) is 1. The third kappa shape index (κ3) is 3.50. The molecule has 0 aliphatic heterocycles. The Labute approximate surface area is 93.5 Å². The van der Waals surface area contributed by atoms with E-state index in [9.17, 15) is 8.78 Å². The van der Waals surface area contributed by atoms with Crippen molar-refractivity contribution in [2.75, 3.05) is 6.61 Å². The van der Waals surface area contributed by atoms with Gasteiger partial charge in [-0.15, -0.1) is 0 Å². The quantitative estimate of drug-likeness (QED) is 0.787. The molecule has 0 aromatic heterocycles. The maximum absolute atomic E-state index is 13.1. The van der Waals surface area contributed by atoms with Gasteiger partial charge in [0, 0.05) is 6.07 Å². The van der Waals surface area contributed by atoms with E-state index in [2.05, 4.69) is 6.07 Å². The minimum Gasteiger partial charge on any atom is -0.490 e. The van der Waals surface area contributed by atoms with Gasteiger partial charge < -0.3 is 4.74 Å². The highest BCUT2D eigenvalue weighted by Gasteiger charge is 2.16. The van der Waals surface area contributed by atoms with Gasteiger partial charge in [0.05, 0.1) is 18.1 Å². The smallest absolute Gasteiger partial charge is 0.165 e. The predicted molar refractivity (Wildman–Crippen MR) is 55.9 cm³/mol. The van der Waals surface area contributed by atoms with Crippen molar-refractivity contribution in [2.45, 2.75) is 20.3 Å². The zero-order chi connectivity index (χ0) is 12.2. The summed E-state index contributed by atoms with van der Waals surface area (Å²) < 4.78 is 31.0. The predicted octanol–water partition coefficient (Wildman–Crippen LogP) is 3.28. The molecule has 0 radical (unpaired) electrons. The summed E-state index contributed by atoms with van der Waals surface area (Å²) in [4.78, 5) is 0. The third-order valence-corrected chi connectivity index (χ3v) is 2.18. The number of hydrogen-bond donors (Lipinski definition) is 0. The van der Waals surface area contributed by atoms with Gasteiger partial charge in [-0.05, 0) is 32.4 Å². The topological polar surface area (TPSA) is 33.0 Å². The Morgan fingerprint density at radius 1 is 1.38 bits per heavy atom. The highest BCUT2D eigenvalue weighted by Crippen LogP contribution is 2.22. The van der Waals surface area contributed by atoms with Gasteiger partial charge in [-0.25, -0.2) is 8.78 Å². The van der Waals surface area contributed by atoms with E-state index in [1.54, 1.807) is 13.8 Å². The standard InChI is InChI=1S/C12H13F2NO/c1-12(2,8-15)5-6-16-11-7-9(13)3-4-10(11)14/h3-4,7H,5-6H2,1-2H3. The molecule has 86 valence electrons. The molecule has 0 amide bonds. The van der Waals surface area contributed by atoms with Crippen LogP contribution in [0.25, 0.3) is 0 Å². The van der Waals surface area contributed by atoms with Crippen molar-refractivity contribution in [3.63, 3.8) is 0 Å². The molecule has 16 heavy (non-hydrogen) atoms. The molecule has 0 atom stereocenters. The second-order valence-electron chi connectivity index (χ2n) is 4.17. The normalized spacial score (nSPS) is 10.9. The highest BCUT2D eigenvalue weighted by molar-refractivity contribution is 5.24. The summed E-state index contributed by atoms with van der Waals surface area (Å²) in [6, 6.07) is 5.14. The van der Waals surface area contributed by atoms with E-state index < -0.39 is 17.0 Å². The second kappa shape index (κ2) is 4.93. The van der Waals surface area contributed by atoms with Crippen LogP contribution in [0.15, 0.2) is 18.2 Å². The largest absolute Gasteiger partial charge is 0.490 e. The lowest BCUT2D eigenvalue weighted by molar-refractivity contribution is 0.253. The van der Waals surface area contributed by atoms with Gasteiger partial charge in [-0.2, -0.15) is 5.26 Å². The van der Waals surface area contributed by atoms with Gasteiger partial charge in [-0.1, -0.05) is 0 Å². The fourth-order valence-electron chi connectivity index (χ4n) is 1.06. The van der Waals surface area contributed by atoms with Gasteiger partial charge in [-0.3, -0.25) is 0 Å². The van der Waals surface area contributed by atoms with E-state index >= 15 is 0 Å². The Morgan fingerprint density at radius 3 is 2.69 bits per heavy atom. The number of halogens is 2. The molecule has 0 aliphatic rings. The fraction of sp³-hybridized carbons (Fsp3) is 0.417. The van der Waals surface area contributed by atoms with Crippen LogP contribution in [0.3, 0.4) is 0 Å². The molecule has 0 heterocycles. The van der Waals surface area contributed by atoms with Gasteiger partial charge >= 0.3 is 0 Å². The average molecular weight is 225 g/mol. The van der Waals surface area contributed by atoms with Gasteiger partial charge in [0.15, 0.2) is 11.6 Å². The van der Waals surface area contributed by atoms with Crippen molar-refractivity contribution in [3.8, 4) is 11.8 Å². The summed E-state index contributed by atoms with van der Waals surface area (Å²) in [5.41, 5.74) is -0.524. The van der Waals surface area contributed by atoms with Crippen molar-refractivity contribution in [3.05, 3.63) is 29.8 Å². The molecule has 1 aromatic rings. The molecule has 1 rings (SSSR count). The number of hydrogen-bond acceptors (Lipinski definition) is 2. The lowest BCUT2D eigenvalue weighted by Crippen LogP contribution is -2.13. The lowest BCUT2D eigenvalue weighted by Gasteiger charge is -2.15. The minimum atomic E-state index is -0.601. The molecular formula is C12H13F2NO. The first-order valence-electron chi connectivity index (χ1n) is 4.94. The maximum atomic E-state index is 13.1. The molecule has 0 aliphatic carbocycles. The minimum absolute atomic E-state index is 0.117. The van der Waals surface area contributed by atoms with E-state index in [1.807, 2.05) is 0 Å². The molecule has 4 heteroatoms. The summed E-state index contributed by atoms with van der Waals surface area (Å²) in [5.74, 6) is -1.26. The fourth-order valence-corrected chi connectivity index (χ4v) is 1.06. The molecule has 0 bridgehead atoms. The molecule has 2 nitrogen and oxygen atoms in total. The van der Waals surface area contributed by atoms with Crippen molar-refractivity contribution < 1.29 is 13.5 Å². The number of nitriles is 1. The van der Waals surface area contributed by atoms with Crippen LogP contribution < -0.4 is 4.74 Å². The first kappa shape index (κ1) is 12.4. The van der Waals surface area contributed by atoms with Crippen LogP contribution in [0.1, 0.15) is 20.3 Å². The van der Waals surface area contributed by atoms with E-state index in [-0.39, 0.29) is 12.4 Å². The molecule has 0 saturated heterocycles. The number of rotatable bonds is 4. The van der Waals surface area contributed by atoms with E-state index in [4.69, 9.17) is 10.00 Å². The zero-order valence-corrected chi connectivity index (χ0v) is 9.26. The van der Waals surface area contributed by atoms with E-state index in [0.717, 1.165) is 18.2 Å². The molecule has 0 fully saturated rings. The highest BCUT2D eigenvalue weighted by atomic mass is 19.1. The number of ether oxygens (including phenoxy) is 1. The van der Waals surface area contributed by atoms with Crippen LogP contribution in [0.4, 0.5) is 8.78 Å². The van der Waals surface area contributed by atoms with E-state index in [1.165, 1.54) is 0 Å². The molecule has 0 spiro atoms. The molecular weight excluding hydrogens is 212 g/mol. The van der Waals surface area contributed by atoms with Crippen LogP contribution in [0.2, 0.25) is 0 Å². The van der Waals surface area contributed by atoms with Crippen molar-refractivity contribution in [1.29, 1.82) is 5.26 Å². The van der Waals surface area contributed by atoms with Gasteiger partial charge in [0.25, 0.3) is 0 Å². The van der Waals surface area contributed by atoms with Gasteiger partial charge in [0.1, 0.15) is 5.82 Å². The lowest BCUT2D eigenvalue weighted by atomic mass is 9.92. The first-order chi connectivity index (χ1) is 7.44. The summed E-state index contributed by atoms with van der Waals surface area (Å²) in [7, 11) is 0. The first-order valence-corrected chi connectivity index (χ1v) is 4.94. The van der Waals surface area contributed by atoms with Crippen LogP contribution in [-0.2, 0) is 0 Å². The van der Waals surface area contributed by atoms with Crippen molar-refractivity contribution in [1.82, 2.24) is 0 Å². The Balaban J connectivity index is 2.56. The summed E-state index contributed by atoms with van der Waals surface area (Å²) in [5, 5.41) is 8.75. The van der Waals surface area contributed by atoms with E-state index in [0.29, 0.717) is 6.42 Å². The van der Waals surface area contributed by atoms with Crippen molar-refractivity contribution in [2.24, 2.45) is 5.41 Å². The summed E-state index contributed by atoms with van der Waals surface area (Å²) in [6.07, 6.45) is 0.458. The SMILES string of the molecule is CC(C)(C#N)CCOc1cc(F)ccc1F. The van der Waals surface area contributed by atoms with Crippen LogP contribution in [-0.4, -0.2) is 6.61 Å². The van der Waals surface area contributed by atoms with Crippen LogP contribution >= 0.6 is 0 Å². The van der Waals surface area contributed by atoms with Gasteiger partial charge in [0.2, 0.25) is 0 Å². The molecule has 1 aromatic carbocycles. The number of benzene rings is 1. The Morgan fingerprint density at radius 2 is 2.06 bits per heavy atom. The third-order valence-electron chi connectivity index (χ3n) is 2.18. The molecule has 0 unspecified atom stereocenters. The molecule has 0 saturated carbocycles.